The maximum Gasteiger partial charge on any atom is 0.0669 e. The van der Waals surface area contributed by atoms with Crippen LogP contribution in [-0.2, 0) is 0 Å². The fourth-order valence-electron chi connectivity index (χ4n) is 3.22. The van der Waals surface area contributed by atoms with Gasteiger partial charge >= 0.3 is 0 Å². The Kier molecular flexibility index (Phi) is 5.10. The van der Waals surface area contributed by atoms with E-state index in [9.17, 15) is 0 Å². The minimum Gasteiger partial charge on any atom is -0.161 e. The van der Waals surface area contributed by atoms with Crippen molar-refractivity contribution in [2.45, 2.75) is 5.01 Å². The molecule has 0 radical (unpaired) electrons. The van der Waals surface area contributed by atoms with E-state index in [0.717, 1.165) is 19.5 Å². The molecule has 0 saturated carbocycles. The molecule has 12 heavy (non-hydrogen) atoms. The third kappa shape index (κ3) is 2.14. The highest BCUT2D eigenvalue weighted by Gasteiger charge is 2.39. The van der Waals surface area contributed by atoms with Gasteiger partial charge in [0.25, 0.3) is 0 Å². The largest absolute Gasteiger partial charge is 0.161 e. The second-order valence-electron chi connectivity index (χ2n) is 4.93. The molecule has 0 nitrogen and oxygen atoms in total. The molecule has 0 aromatic carbocycles. The van der Waals surface area contributed by atoms with Crippen molar-refractivity contribution in [1.82, 2.24) is 0 Å². The molecule has 11 heteroatoms. The normalized spacial score (nSPS) is 10.3. The third-order valence-electron chi connectivity index (χ3n) is 3.84. The van der Waals surface area contributed by atoms with E-state index in [1.807, 2.05) is 0 Å². The Morgan fingerprint density at radius 3 is 1.00 bits per heavy atom. The summed E-state index contributed by atoms with van der Waals surface area (Å²) in [4.78, 5) is 0. The molecule has 0 aliphatic heterocycles. The summed E-state index contributed by atoms with van der Waals surface area (Å²) in [6.45, 7) is 2.38. The van der Waals surface area contributed by atoms with Crippen LogP contribution in [0, 0.1) is 0 Å². The molecule has 0 unspecified atom stereocenters. The van der Waals surface area contributed by atoms with E-state index < -0.39 is 0 Å². The monoisotopic (exact) mass is 148 g/mol. The van der Waals surface area contributed by atoms with Crippen molar-refractivity contribution in [3.8, 4) is 0 Å². The van der Waals surface area contributed by atoms with Crippen LogP contribution in [0.2, 0.25) is 5.01 Å². The van der Waals surface area contributed by atoms with Crippen LogP contribution in [0.3, 0.4) is 0 Å². The van der Waals surface area contributed by atoms with E-state index in [1.165, 1.54) is 7.17 Å². The van der Waals surface area contributed by atoms with Gasteiger partial charge in [-0.05, 0) is 0 Å². The van der Waals surface area contributed by atoms with Gasteiger partial charge in [0.15, 0.2) is 0 Å². The Balaban J connectivity index is 4.77. The number of hydrogen-bond acceptors (Lipinski definition) is 0. The molecule has 0 aromatic rings. The van der Waals surface area contributed by atoms with Gasteiger partial charge in [0, 0.05) is 19.5 Å². The Morgan fingerprint density at radius 2 is 1.00 bits per heavy atom. The predicted octanol–water partition coefficient (Wildman–Crippen LogP) is -7.99. The molecule has 0 aromatic heterocycles. The van der Waals surface area contributed by atoms with Gasteiger partial charge in [0.2, 0.25) is 0 Å². The van der Waals surface area contributed by atoms with Gasteiger partial charge in [-0.3, -0.25) is 0 Å². The van der Waals surface area contributed by atoms with Gasteiger partial charge in [0.1, 0.15) is 0 Å². The van der Waals surface area contributed by atoms with E-state index in [-0.39, 0.29) is 0 Å². The average Bonchev–Trinajstić information content (AvgIpc) is 1.86. The minimum atomic E-state index is 0.542. The van der Waals surface area contributed by atoms with Crippen molar-refractivity contribution < 1.29 is 0 Å². The van der Waals surface area contributed by atoms with Crippen molar-refractivity contribution in [2.24, 2.45) is 0 Å². The highest BCUT2D eigenvalue weighted by Crippen LogP contribution is 2.26. The molecular formula is CH15B11. The maximum absolute atomic E-state index is 2.36. The zero-order valence-corrected chi connectivity index (χ0v) is 9.94. The summed E-state index contributed by atoms with van der Waals surface area (Å²) in [6, 6.07) is 0. The van der Waals surface area contributed by atoms with Gasteiger partial charge in [-0.25, -0.2) is 0 Å². The van der Waals surface area contributed by atoms with Crippen molar-refractivity contribution in [3.63, 3.8) is 0 Å². The molecule has 0 aliphatic rings. The fourth-order valence-corrected chi connectivity index (χ4v) is 3.22. The second kappa shape index (κ2) is 4.81. The van der Waals surface area contributed by atoms with Crippen LogP contribution >= 0.6 is 0 Å². The molecule has 0 rings (SSSR count). The van der Waals surface area contributed by atoms with E-state index in [1.54, 1.807) is 0 Å². The highest BCUT2D eigenvalue weighted by atomic mass is 13.7. The smallest absolute Gasteiger partial charge is 0.0669 e. The standard InChI is InChI=1S/CH15B11/c2-9-1(10(3)4,11(5)6)12(7)8/h9H,2-8H2. The number of hydrogen-bond donors (Lipinski definition) is 0. The highest BCUT2D eigenvalue weighted by molar-refractivity contribution is 7.59. The summed E-state index contributed by atoms with van der Waals surface area (Å²) in [5.74, 6) is 0. The molecule has 0 atom stereocenters. The molecule has 52 valence electrons. The lowest BCUT2D eigenvalue weighted by molar-refractivity contribution is 1.62. The van der Waals surface area contributed by atoms with Crippen molar-refractivity contribution in [1.29, 1.82) is 0 Å². The van der Waals surface area contributed by atoms with Gasteiger partial charge in [0.05, 0.1) is 61.3 Å². The van der Waals surface area contributed by atoms with Crippen LogP contribution in [-0.4, -0.2) is 80.8 Å². The van der Waals surface area contributed by atoms with Gasteiger partial charge in [-0.15, -0.1) is 0 Å². The molecular weight excluding hydrogens is 131 g/mol. The molecule has 0 fully saturated rings. The lowest BCUT2D eigenvalue weighted by Gasteiger charge is -2.43. The molecule has 0 N–H and O–H groups in total. The van der Waals surface area contributed by atoms with Crippen LogP contribution in [0.25, 0.3) is 0 Å². The summed E-state index contributed by atoms with van der Waals surface area (Å²) in [5, 5.41) is 0.542. The summed E-state index contributed by atoms with van der Waals surface area (Å²) in [7, 11) is 17.8. The zero-order chi connectivity index (χ0) is 9.94. The molecule has 0 spiro atoms. The zero-order valence-electron chi connectivity index (χ0n) is 9.94. The Morgan fingerprint density at radius 1 is 0.750 bits per heavy atom. The topological polar surface area (TPSA) is 0 Å². The lowest BCUT2D eigenvalue weighted by atomic mass is 8.73. The van der Waals surface area contributed by atoms with Crippen molar-refractivity contribution in [2.75, 3.05) is 0 Å². The van der Waals surface area contributed by atoms with Crippen LogP contribution in [0.4, 0.5) is 0 Å². The molecule has 0 saturated heterocycles. The fraction of sp³-hybridized carbons (Fsp3) is 1.00. The van der Waals surface area contributed by atoms with Crippen molar-refractivity contribution >= 4 is 80.8 Å². The maximum atomic E-state index is 2.36. The van der Waals surface area contributed by atoms with E-state index in [2.05, 4.69) is 54.2 Å². The van der Waals surface area contributed by atoms with E-state index in [0.29, 0.717) is 5.01 Å². The Labute approximate surface area is 86.1 Å². The minimum absolute atomic E-state index is 0.542. The van der Waals surface area contributed by atoms with Crippen LogP contribution in [0.5, 0.6) is 0 Å². The Hall–Kier alpha value is 0.714. The number of rotatable bonds is 4. The first-order chi connectivity index (χ1) is 5.39. The van der Waals surface area contributed by atoms with Crippen LogP contribution in [0.15, 0.2) is 0 Å². The first-order valence-electron chi connectivity index (χ1n) is 5.39. The van der Waals surface area contributed by atoms with Gasteiger partial charge in [-0.2, -0.15) is 5.01 Å². The SMILES string of the molecule is BBC(B(B)B)(B(B)B)B(B)B. The summed E-state index contributed by atoms with van der Waals surface area (Å²) < 4.78 is 0. The quantitative estimate of drug-likeness (QED) is 0.345. The lowest BCUT2D eigenvalue weighted by Crippen LogP contribution is -2.61. The third-order valence-corrected chi connectivity index (χ3v) is 3.84. The summed E-state index contributed by atoms with van der Waals surface area (Å²) in [6.07, 6.45) is 0. The van der Waals surface area contributed by atoms with E-state index >= 15 is 0 Å². The van der Waals surface area contributed by atoms with E-state index in [4.69, 9.17) is 0 Å². The van der Waals surface area contributed by atoms with Crippen LogP contribution < -0.4 is 0 Å². The van der Waals surface area contributed by atoms with Gasteiger partial charge < -0.3 is 0 Å². The van der Waals surface area contributed by atoms with Crippen molar-refractivity contribution in [3.05, 3.63) is 0 Å². The first kappa shape index (κ1) is 12.7. The molecule has 0 amide bonds. The second-order valence-corrected chi connectivity index (χ2v) is 4.93. The molecule has 0 bridgehead atoms. The summed E-state index contributed by atoms with van der Waals surface area (Å²) in [5.41, 5.74) is 0. The summed E-state index contributed by atoms with van der Waals surface area (Å²) >= 11 is 0. The first-order valence-corrected chi connectivity index (χ1v) is 5.39. The van der Waals surface area contributed by atoms with Gasteiger partial charge in [-0.1, -0.05) is 0 Å². The molecule has 0 aliphatic carbocycles. The predicted molar refractivity (Wildman–Crippen MR) is 86.9 cm³/mol. The van der Waals surface area contributed by atoms with Crippen LogP contribution in [0.1, 0.15) is 0 Å². The average molecular weight is 146 g/mol. The molecule has 0 heterocycles. The Bertz CT molecular complexity index is 103.